The van der Waals surface area contributed by atoms with Crippen LogP contribution in [0.5, 0.6) is 0 Å². The highest BCUT2D eigenvalue weighted by Gasteiger charge is 2.27. The maximum Gasteiger partial charge on any atom is 0.303 e. The summed E-state index contributed by atoms with van der Waals surface area (Å²) in [5.41, 5.74) is 0. The van der Waals surface area contributed by atoms with Crippen LogP contribution in [0.3, 0.4) is 0 Å². The smallest absolute Gasteiger partial charge is 0.303 e. The summed E-state index contributed by atoms with van der Waals surface area (Å²) in [6.07, 6.45) is 13.0. The third-order valence-corrected chi connectivity index (χ3v) is 8.40. The Hall–Kier alpha value is -0.320. The zero-order chi connectivity index (χ0) is 19.7. The highest BCUT2D eigenvalue weighted by atomic mass is 33.1. The van der Waals surface area contributed by atoms with Gasteiger partial charge < -0.3 is 5.11 Å². The standard InChI is InChI=1S/C19H33NO3S3/c1-3-4-5-6-7-8-9-10-11-12-15-24-18(23)25-26-19(2,16-20)14-13-17(21)22/h3-15H2,1-2H3,(H,21,22). The van der Waals surface area contributed by atoms with Crippen LogP contribution in [0.2, 0.25) is 0 Å². The van der Waals surface area contributed by atoms with Crippen molar-refractivity contribution in [3.05, 3.63) is 0 Å². The molecule has 7 heteroatoms. The van der Waals surface area contributed by atoms with Crippen molar-refractivity contribution in [3.8, 4) is 6.07 Å². The number of hydrogen-bond acceptors (Lipinski definition) is 6. The SMILES string of the molecule is CCCCCCCCCCCCSC(=O)SSC(C)(C#N)CCC(=O)O. The first-order valence-electron chi connectivity index (χ1n) is 9.59. The summed E-state index contributed by atoms with van der Waals surface area (Å²) in [6, 6.07) is 2.12. The van der Waals surface area contributed by atoms with E-state index in [1.54, 1.807) is 6.92 Å². The quantitative estimate of drug-likeness (QED) is 0.208. The van der Waals surface area contributed by atoms with Crippen molar-refractivity contribution in [1.29, 1.82) is 5.26 Å². The number of carbonyl (C=O) groups excluding carboxylic acids is 1. The Morgan fingerprint density at radius 1 is 1.00 bits per heavy atom. The van der Waals surface area contributed by atoms with E-state index in [0.29, 0.717) is 0 Å². The van der Waals surface area contributed by atoms with Gasteiger partial charge in [0.05, 0.1) is 6.07 Å². The molecule has 0 aliphatic heterocycles. The summed E-state index contributed by atoms with van der Waals surface area (Å²) in [5, 5.41) is 17.9. The van der Waals surface area contributed by atoms with E-state index in [-0.39, 0.29) is 17.3 Å². The molecule has 0 saturated heterocycles. The average Bonchev–Trinajstić information content (AvgIpc) is 2.62. The molecule has 1 unspecified atom stereocenters. The van der Waals surface area contributed by atoms with Crippen molar-refractivity contribution in [2.75, 3.05) is 5.75 Å². The molecule has 1 N–H and O–H groups in total. The molecule has 0 saturated carbocycles. The predicted octanol–water partition coefficient (Wildman–Crippen LogP) is 7.29. The molecule has 0 spiro atoms. The molecule has 0 aliphatic rings. The minimum Gasteiger partial charge on any atom is -0.481 e. The Kier molecular flexibility index (Phi) is 16.6. The molecule has 1 atom stereocenters. The van der Waals surface area contributed by atoms with Crippen LogP contribution in [-0.2, 0) is 4.79 Å². The fraction of sp³-hybridized carbons (Fsp3) is 0.842. The molecular weight excluding hydrogens is 386 g/mol. The number of hydrogen-bond donors (Lipinski definition) is 1. The first-order valence-corrected chi connectivity index (χ1v) is 12.7. The first kappa shape index (κ1) is 25.7. The lowest BCUT2D eigenvalue weighted by Crippen LogP contribution is -2.18. The van der Waals surface area contributed by atoms with Gasteiger partial charge in [-0.15, -0.1) is 0 Å². The molecule has 0 bridgehead atoms. The van der Waals surface area contributed by atoms with Gasteiger partial charge in [0.15, 0.2) is 0 Å². The highest BCUT2D eigenvalue weighted by molar-refractivity contribution is 8.86. The summed E-state index contributed by atoms with van der Waals surface area (Å²) in [5.74, 6) is -0.0971. The van der Waals surface area contributed by atoms with E-state index < -0.39 is 10.7 Å². The molecule has 150 valence electrons. The molecule has 0 amide bonds. The number of nitrogens with zero attached hydrogens (tertiary/aromatic N) is 1. The molecular formula is C19H33NO3S3. The van der Waals surface area contributed by atoms with Crippen LogP contribution in [0.15, 0.2) is 0 Å². The number of thioether (sulfide) groups is 1. The molecule has 0 aliphatic carbocycles. The predicted molar refractivity (Wildman–Crippen MR) is 116 cm³/mol. The zero-order valence-electron chi connectivity index (χ0n) is 16.1. The van der Waals surface area contributed by atoms with Crippen molar-refractivity contribution < 1.29 is 14.7 Å². The molecule has 26 heavy (non-hydrogen) atoms. The number of rotatable bonds is 16. The summed E-state index contributed by atoms with van der Waals surface area (Å²) >= 11 is 1.31. The van der Waals surface area contributed by atoms with E-state index in [0.717, 1.165) is 23.0 Å². The highest BCUT2D eigenvalue weighted by Crippen LogP contribution is 2.41. The van der Waals surface area contributed by atoms with Crippen molar-refractivity contribution in [2.45, 2.75) is 95.6 Å². The second-order valence-corrected chi connectivity index (χ2v) is 10.6. The van der Waals surface area contributed by atoms with Gasteiger partial charge in [0, 0.05) is 12.2 Å². The van der Waals surface area contributed by atoms with Gasteiger partial charge in [0.25, 0.3) is 4.45 Å². The summed E-state index contributed by atoms with van der Waals surface area (Å²) in [7, 11) is 2.24. The van der Waals surface area contributed by atoms with Crippen LogP contribution in [0.25, 0.3) is 0 Å². The second-order valence-electron chi connectivity index (χ2n) is 6.68. The van der Waals surface area contributed by atoms with Crippen molar-refractivity contribution in [2.24, 2.45) is 0 Å². The average molecular weight is 420 g/mol. The topological polar surface area (TPSA) is 78.2 Å². The van der Waals surface area contributed by atoms with Gasteiger partial charge >= 0.3 is 5.97 Å². The van der Waals surface area contributed by atoms with Crippen LogP contribution in [-0.4, -0.2) is 26.0 Å². The van der Waals surface area contributed by atoms with E-state index >= 15 is 0 Å². The Bertz CT molecular complexity index is 440. The second kappa shape index (κ2) is 16.8. The van der Waals surface area contributed by atoms with E-state index in [4.69, 9.17) is 5.11 Å². The monoisotopic (exact) mass is 419 g/mol. The molecule has 0 aromatic rings. The molecule has 0 aromatic heterocycles. The maximum atomic E-state index is 11.9. The van der Waals surface area contributed by atoms with Crippen LogP contribution in [0, 0.1) is 11.3 Å². The van der Waals surface area contributed by atoms with E-state index in [2.05, 4.69) is 13.0 Å². The largest absolute Gasteiger partial charge is 0.481 e. The molecule has 0 fully saturated rings. The fourth-order valence-corrected chi connectivity index (χ4v) is 5.65. The van der Waals surface area contributed by atoms with Gasteiger partial charge in [0.1, 0.15) is 4.75 Å². The van der Waals surface area contributed by atoms with E-state index in [1.165, 1.54) is 80.3 Å². The zero-order valence-corrected chi connectivity index (χ0v) is 18.6. The lowest BCUT2D eigenvalue weighted by atomic mass is 10.1. The number of unbranched alkanes of at least 4 members (excludes halogenated alkanes) is 9. The molecule has 0 rings (SSSR count). The minimum absolute atomic E-state index is 0.00252. The van der Waals surface area contributed by atoms with Gasteiger partial charge in [-0.05, 0) is 30.6 Å². The lowest BCUT2D eigenvalue weighted by Gasteiger charge is -2.18. The molecule has 0 heterocycles. The molecule has 0 radical (unpaired) electrons. The van der Waals surface area contributed by atoms with Crippen LogP contribution < -0.4 is 0 Å². The van der Waals surface area contributed by atoms with Crippen LogP contribution >= 0.6 is 33.3 Å². The third-order valence-electron chi connectivity index (χ3n) is 4.06. The number of aliphatic carboxylic acids is 1. The summed E-state index contributed by atoms with van der Waals surface area (Å²) < 4.78 is -0.834. The molecule has 0 aromatic carbocycles. The summed E-state index contributed by atoms with van der Waals surface area (Å²) in [4.78, 5) is 22.5. The van der Waals surface area contributed by atoms with Gasteiger partial charge in [-0.1, -0.05) is 87.3 Å². The first-order chi connectivity index (χ1) is 12.4. The van der Waals surface area contributed by atoms with Crippen molar-refractivity contribution in [3.63, 3.8) is 0 Å². The number of carboxylic acid groups (broad SMARTS) is 1. The molecule has 4 nitrogen and oxygen atoms in total. The van der Waals surface area contributed by atoms with E-state index in [1.807, 2.05) is 0 Å². The Morgan fingerprint density at radius 3 is 2.04 bits per heavy atom. The Morgan fingerprint density at radius 2 is 1.54 bits per heavy atom. The minimum atomic E-state index is -0.918. The maximum absolute atomic E-state index is 11.9. The fourth-order valence-electron chi connectivity index (χ4n) is 2.36. The number of carbonyl (C=O) groups is 2. The van der Waals surface area contributed by atoms with Gasteiger partial charge in [0.2, 0.25) is 0 Å². The number of nitriles is 1. The van der Waals surface area contributed by atoms with Gasteiger partial charge in [-0.2, -0.15) is 5.26 Å². The van der Waals surface area contributed by atoms with Crippen molar-refractivity contribution >= 4 is 43.8 Å². The van der Waals surface area contributed by atoms with Crippen LogP contribution in [0.1, 0.15) is 90.9 Å². The van der Waals surface area contributed by atoms with Crippen LogP contribution in [0.4, 0.5) is 4.79 Å². The number of carboxylic acids is 1. The van der Waals surface area contributed by atoms with Crippen molar-refractivity contribution in [1.82, 2.24) is 0 Å². The Labute approximate surface area is 171 Å². The van der Waals surface area contributed by atoms with Gasteiger partial charge in [-0.3, -0.25) is 9.59 Å². The third kappa shape index (κ3) is 15.9. The van der Waals surface area contributed by atoms with Gasteiger partial charge in [-0.25, -0.2) is 0 Å². The Balaban J connectivity index is 3.59. The summed E-state index contributed by atoms with van der Waals surface area (Å²) in [6.45, 7) is 3.93. The normalized spacial score (nSPS) is 13.1. The van der Waals surface area contributed by atoms with E-state index in [9.17, 15) is 14.9 Å². The lowest BCUT2D eigenvalue weighted by molar-refractivity contribution is -0.137.